The molecule has 0 spiro atoms. The molecule has 40 heavy (non-hydrogen) atoms. The fraction of sp³-hybridized carbons (Fsp3) is 0.133. The van der Waals surface area contributed by atoms with E-state index in [1.54, 1.807) is 45.4 Å². The van der Waals surface area contributed by atoms with Gasteiger partial charge in [-0.25, -0.2) is 4.98 Å². The van der Waals surface area contributed by atoms with E-state index in [1.807, 2.05) is 53.9 Å². The predicted molar refractivity (Wildman–Crippen MR) is 156 cm³/mol. The highest BCUT2D eigenvalue weighted by Crippen LogP contribution is 2.29. The molecule has 0 radical (unpaired) electrons. The Kier molecular flexibility index (Phi) is 7.88. The van der Waals surface area contributed by atoms with Gasteiger partial charge in [0.1, 0.15) is 11.5 Å². The van der Waals surface area contributed by atoms with Crippen LogP contribution in [0.2, 0.25) is 0 Å². The van der Waals surface area contributed by atoms with Crippen molar-refractivity contribution in [2.75, 3.05) is 19.5 Å². The molecule has 1 amide bonds. The molecule has 0 aliphatic heterocycles. The van der Waals surface area contributed by atoms with Gasteiger partial charge in [-0.15, -0.1) is 11.3 Å². The SMILES string of the molecule is COc1ccc(/C=C\C(=O)Nc2cc(-c3cccs3)nn2-c2nc(C)c(Cc3ccccc3)c(=O)[nH]2)cc1OC. The Morgan fingerprint density at radius 2 is 1.85 bits per heavy atom. The molecule has 0 saturated carbocycles. The van der Waals surface area contributed by atoms with Crippen molar-refractivity contribution in [1.29, 1.82) is 0 Å². The maximum absolute atomic E-state index is 13.1. The number of amides is 1. The molecule has 0 atom stereocenters. The monoisotopic (exact) mass is 553 g/mol. The molecule has 0 bridgehead atoms. The lowest BCUT2D eigenvalue weighted by Crippen LogP contribution is -2.22. The van der Waals surface area contributed by atoms with Crippen LogP contribution in [-0.2, 0) is 11.2 Å². The molecular formula is C30H27N5O4S. The average Bonchev–Trinajstić information content (AvgIpc) is 3.65. The van der Waals surface area contributed by atoms with E-state index in [0.717, 1.165) is 16.0 Å². The first-order valence-corrected chi connectivity index (χ1v) is 13.3. The summed E-state index contributed by atoms with van der Waals surface area (Å²) in [6, 6.07) is 20.7. The van der Waals surface area contributed by atoms with Crippen molar-refractivity contribution in [3.63, 3.8) is 0 Å². The number of aryl methyl sites for hydroxylation is 1. The van der Waals surface area contributed by atoms with Gasteiger partial charge in [0.25, 0.3) is 5.56 Å². The van der Waals surface area contributed by atoms with E-state index in [4.69, 9.17) is 9.47 Å². The molecule has 2 N–H and O–H groups in total. The number of benzene rings is 2. The van der Waals surface area contributed by atoms with Crippen LogP contribution in [0.15, 0.2) is 83.0 Å². The fourth-order valence-corrected chi connectivity index (χ4v) is 4.86. The highest BCUT2D eigenvalue weighted by Gasteiger charge is 2.17. The van der Waals surface area contributed by atoms with Crippen molar-refractivity contribution < 1.29 is 14.3 Å². The number of carbonyl (C=O) groups excluding carboxylic acids is 1. The summed E-state index contributed by atoms with van der Waals surface area (Å²) in [6.07, 6.45) is 3.54. The second-order valence-corrected chi connectivity index (χ2v) is 9.80. The van der Waals surface area contributed by atoms with Crippen LogP contribution in [0, 0.1) is 6.92 Å². The fourth-order valence-electron chi connectivity index (χ4n) is 4.18. The summed E-state index contributed by atoms with van der Waals surface area (Å²) < 4.78 is 12.0. The molecule has 2 aromatic carbocycles. The van der Waals surface area contributed by atoms with Crippen molar-refractivity contribution in [1.82, 2.24) is 19.7 Å². The summed E-state index contributed by atoms with van der Waals surface area (Å²) in [7, 11) is 3.12. The Labute approximate surface area is 234 Å². The number of H-pyrrole nitrogens is 1. The van der Waals surface area contributed by atoms with Gasteiger partial charge < -0.3 is 14.8 Å². The molecule has 0 aliphatic carbocycles. The molecule has 202 valence electrons. The van der Waals surface area contributed by atoms with E-state index >= 15 is 0 Å². The first-order valence-electron chi connectivity index (χ1n) is 12.4. The smallest absolute Gasteiger partial charge is 0.256 e. The van der Waals surface area contributed by atoms with Crippen LogP contribution in [0.25, 0.3) is 22.6 Å². The Morgan fingerprint density at radius 1 is 1.05 bits per heavy atom. The van der Waals surface area contributed by atoms with Crippen LogP contribution < -0.4 is 20.3 Å². The van der Waals surface area contributed by atoms with E-state index < -0.39 is 0 Å². The lowest BCUT2D eigenvalue weighted by Gasteiger charge is -2.10. The van der Waals surface area contributed by atoms with E-state index in [1.165, 1.54) is 22.1 Å². The number of anilines is 1. The molecule has 9 nitrogen and oxygen atoms in total. The van der Waals surface area contributed by atoms with Gasteiger partial charge in [0.05, 0.1) is 24.8 Å². The van der Waals surface area contributed by atoms with Gasteiger partial charge in [0.2, 0.25) is 11.9 Å². The minimum atomic E-state index is -0.381. The Bertz CT molecular complexity index is 1720. The van der Waals surface area contributed by atoms with Gasteiger partial charge in [0.15, 0.2) is 11.5 Å². The van der Waals surface area contributed by atoms with Crippen molar-refractivity contribution in [3.8, 4) is 28.0 Å². The molecular weight excluding hydrogens is 526 g/mol. The van der Waals surface area contributed by atoms with Gasteiger partial charge in [-0.2, -0.15) is 9.78 Å². The predicted octanol–water partition coefficient (Wildman–Crippen LogP) is 5.25. The Hall–Kier alpha value is -4.96. The standard InChI is InChI=1S/C30H27N5O4S/c1-19-22(16-20-8-5-4-6-9-20)29(37)33-30(31-19)35-27(18-23(34-35)26-10-7-15-40-26)32-28(36)14-12-21-11-13-24(38-2)25(17-21)39-3/h4-15,17-18H,16H2,1-3H3,(H,32,36)(H,31,33,37)/b14-12-. The number of carbonyl (C=O) groups is 1. The third-order valence-electron chi connectivity index (χ3n) is 6.20. The van der Waals surface area contributed by atoms with Gasteiger partial charge in [-0.05, 0) is 47.7 Å². The first-order chi connectivity index (χ1) is 19.4. The van der Waals surface area contributed by atoms with Crippen molar-refractivity contribution >= 4 is 29.1 Å². The largest absolute Gasteiger partial charge is 0.493 e. The first kappa shape index (κ1) is 26.6. The quantitative estimate of drug-likeness (QED) is 0.241. The van der Waals surface area contributed by atoms with E-state index in [-0.39, 0.29) is 17.4 Å². The molecule has 3 aromatic heterocycles. The number of thiophene rings is 1. The number of hydrogen-bond acceptors (Lipinski definition) is 7. The molecule has 5 rings (SSSR count). The zero-order chi connectivity index (χ0) is 28.1. The van der Waals surface area contributed by atoms with Crippen LogP contribution in [0.3, 0.4) is 0 Å². The van der Waals surface area contributed by atoms with Crippen molar-refractivity contribution in [2.24, 2.45) is 0 Å². The summed E-state index contributed by atoms with van der Waals surface area (Å²) in [5, 5.41) is 9.47. The average molecular weight is 554 g/mol. The molecule has 0 unspecified atom stereocenters. The number of nitrogens with zero attached hydrogens (tertiary/aromatic N) is 3. The number of hydrogen-bond donors (Lipinski definition) is 2. The topological polar surface area (TPSA) is 111 Å². The maximum atomic E-state index is 13.1. The third kappa shape index (κ3) is 5.87. The minimum absolute atomic E-state index is 0.210. The molecule has 3 heterocycles. The maximum Gasteiger partial charge on any atom is 0.256 e. The van der Waals surface area contributed by atoms with Crippen LogP contribution in [0.4, 0.5) is 5.82 Å². The second-order valence-electron chi connectivity index (χ2n) is 8.86. The number of methoxy groups -OCH3 is 2. The van der Waals surface area contributed by atoms with Gasteiger partial charge in [0, 0.05) is 24.1 Å². The van der Waals surface area contributed by atoms with Crippen molar-refractivity contribution in [3.05, 3.63) is 111 Å². The summed E-state index contributed by atoms with van der Waals surface area (Å²) in [5.41, 5.74) is 3.31. The minimum Gasteiger partial charge on any atom is -0.493 e. The highest BCUT2D eigenvalue weighted by molar-refractivity contribution is 7.13. The van der Waals surface area contributed by atoms with E-state index in [0.29, 0.717) is 40.7 Å². The van der Waals surface area contributed by atoms with Crippen LogP contribution in [-0.4, -0.2) is 39.9 Å². The Balaban J connectivity index is 1.45. The lowest BCUT2D eigenvalue weighted by atomic mass is 10.1. The summed E-state index contributed by atoms with van der Waals surface area (Å²) in [6.45, 7) is 1.80. The van der Waals surface area contributed by atoms with Gasteiger partial charge in [-0.1, -0.05) is 42.5 Å². The second kappa shape index (κ2) is 11.8. The van der Waals surface area contributed by atoms with Gasteiger partial charge in [-0.3, -0.25) is 14.6 Å². The summed E-state index contributed by atoms with van der Waals surface area (Å²) in [5.74, 6) is 1.35. The Morgan fingerprint density at radius 3 is 2.55 bits per heavy atom. The normalized spacial score (nSPS) is 11.1. The molecule has 0 fully saturated rings. The molecule has 10 heteroatoms. The number of nitrogens with one attached hydrogen (secondary N) is 2. The van der Waals surface area contributed by atoms with E-state index in [2.05, 4.69) is 20.4 Å². The van der Waals surface area contributed by atoms with E-state index in [9.17, 15) is 9.59 Å². The molecule has 0 saturated heterocycles. The lowest BCUT2D eigenvalue weighted by molar-refractivity contribution is -0.111. The summed E-state index contributed by atoms with van der Waals surface area (Å²) >= 11 is 1.52. The number of ether oxygens (including phenoxy) is 2. The number of aromatic nitrogens is 4. The molecule has 5 aromatic rings. The van der Waals surface area contributed by atoms with Gasteiger partial charge >= 0.3 is 0 Å². The van der Waals surface area contributed by atoms with Crippen LogP contribution >= 0.6 is 11.3 Å². The highest BCUT2D eigenvalue weighted by atomic mass is 32.1. The van der Waals surface area contributed by atoms with Crippen LogP contribution in [0.1, 0.15) is 22.4 Å². The number of aromatic amines is 1. The van der Waals surface area contributed by atoms with Crippen LogP contribution in [0.5, 0.6) is 11.5 Å². The third-order valence-corrected chi connectivity index (χ3v) is 7.10. The summed E-state index contributed by atoms with van der Waals surface area (Å²) in [4.78, 5) is 34.5. The zero-order valence-corrected chi connectivity index (χ0v) is 23.0. The van der Waals surface area contributed by atoms with Crippen molar-refractivity contribution in [2.45, 2.75) is 13.3 Å². The number of rotatable bonds is 9. The zero-order valence-electron chi connectivity index (χ0n) is 22.2. The molecule has 0 aliphatic rings.